The van der Waals surface area contributed by atoms with Gasteiger partial charge in [0.2, 0.25) is 10.0 Å². The molecule has 1 atom stereocenters. The average Bonchev–Trinajstić information content (AvgIpc) is 2.64. The van der Waals surface area contributed by atoms with E-state index >= 15 is 0 Å². The molecule has 2 aromatic carbocycles. The Morgan fingerprint density at radius 1 is 1.14 bits per heavy atom. The first-order valence-electron chi connectivity index (χ1n) is 8.84. The van der Waals surface area contributed by atoms with Crippen molar-refractivity contribution in [3.63, 3.8) is 0 Å². The van der Waals surface area contributed by atoms with Crippen molar-refractivity contribution in [2.45, 2.75) is 24.3 Å². The molecule has 154 valence electrons. The van der Waals surface area contributed by atoms with Crippen molar-refractivity contribution in [3.05, 3.63) is 58.6 Å². The molecule has 0 heterocycles. The maximum absolute atomic E-state index is 12.7. The molecule has 0 bridgehead atoms. The second-order valence-corrected chi connectivity index (χ2v) is 9.43. The number of ether oxygens (including phenoxy) is 2. The van der Waals surface area contributed by atoms with Crippen LogP contribution in [0.1, 0.15) is 11.1 Å². The van der Waals surface area contributed by atoms with Crippen molar-refractivity contribution < 1.29 is 17.9 Å². The maximum Gasteiger partial charge on any atom is 0.240 e. The molecule has 0 radical (unpaired) electrons. The summed E-state index contributed by atoms with van der Waals surface area (Å²) in [5, 5.41) is 0.515. The van der Waals surface area contributed by atoms with Crippen LogP contribution >= 0.6 is 23.4 Å². The zero-order valence-corrected chi connectivity index (χ0v) is 18.7. The summed E-state index contributed by atoms with van der Waals surface area (Å²) in [6.45, 7) is 2.78. The minimum Gasteiger partial charge on any atom is -0.490 e. The molecular formula is C20H26ClNO4S2. The van der Waals surface area contributed by atoms with Crippen molar-refractivity contribution in [1.82, 2.24) is 4.72 Å². The fourth-order valence-electron chi connectivity index (χ4n) is 2.65. The van der Waals surface area contributed by atoms with Gasteiger partial charge in [0, 0.05) is 18.9 Å². The number of hydrogen-bond acceptors (Lipinski definition) is 5. The normalized spacial score (nSPS) is 12.7. The maximum atomic E-state index is 12.7. The number of thioether (sulfide) groups is 1. The molecule has 1 unspecified atom stereocenters. The molecule has 5 nitrogen and oxygen atoms in total. The molecule has 28 heavy (non-hydrogen) atoms. The van der Waals surface area contributed by atoms with Gasteiger partial charge in [-0.25, -0.2) is 13.1 Å². The van der Waals surface area contributed by atoms with E-state index in [0.29, 0.717) is 36.2 Å². The third-order valence-electron chi connectivity index (χ3n) is 4.04. The van der Waals surface area contributed by atoms with E-state index in [1.54, 1.807) is 49.2 Å². The van der Waals surface area contributed by atoms with Gasteiger partial charge in [-0.2, -0.15) is 11.8 Å². The largest absolute Gasteiger partial charge is 0.490 e. The van der Waals surface area contributed by atoms with Gasteiger partial charge in [0.15, 0.2) is 0 Å². The Bertz CT molecular complexity index is 857. The number of aryl methyl sites for hydroxylation is 1. The third-order valence-corrected chi connectivity index (χ3v) is 6.63. The summed E-state index contributed by atoms with van der Waals surface area (Å²) in [7, 11) is -1.99. The predicted octanol–water partition coefficient (Wildman–Crippen LogP) is 3.93. The van der Waals surface area contributed by atoms with Crippen LogP contribution in [0.3, 0.4) is 0 Å². The quantitative estimate of drug-likeness (QED) is 0.533. The van der Waals surface area contributed by atoms with Gasteiger partial charge in [0.05, 0.1) is 16.5 Å². The first kappa shape index (κ1) is 23.0. The lowest BCUT2D eigenvalue weighted by atomic mass is 10.1. The van der Waals surface area contributed by atoms with Gasteiger partial charge in [-0.3, -0.25) is 0 Å². The molecule has 0 saturated carbocycles. The van der Waals surface area contributed by atoms with Crippen LogP contribution in [0.25, 0.3) is 0 Å². The van der Waals surface area contributed by atoms with Crippen LogP contribution in [0.2, 0.25) is 5.02 Å². The van der Waals surface area contributed by atoms with Gasteiger partial charge in [-0.05, 0) is 49.4 Å². The molecule has 0 spiro atoms. The van der Waals surface area contributed by atoms with Crippen LogP contribution in [0, 0.1) is 6.92 Å². The van der Waals surface area contributed by atoms with Gasteiger partial charge < -0.3 is 9.47 Å². The molecule has 2 rings (SSSR count). The fraction of sp³-hybridized carbons (Fsp3) is 0.400. The van der Waals surface area contributed by atoms with Crippen LogP contribution in [0.4, 0.5) is 0 Å². The Labute approximate surface area is 176 Å². The standard InChI is InChI=1S/C20H26ClNO4S2/c1-15-4-7-18(8-5-15)28(23,24)22-17(14-27-3)12-16-6-9-19(21)20(13-16)26-11-10-25-2/h4-9,13,17,22H,10-12,14H2,1-3H3. The highest BCUT2D eigenvalue weighted by Gasteiger charge is 2.20. The van der Waals surface area contributed by atoms with E-state index in [0.717, 1.165) is 11.1 Å². The van der Waals surface area contributed by atoms with Gasteiger partial charge in [0.1, 0.15) is 12.4 Å². The highest BCUT2D eigenvalue weighted by Crippen LogP contribution is 2.26. The van der Waals surface area contributed by atoms with Crippen molar-refractivity contribution in [2.75, 3.05) is 32.3 Å². The molecule has 8 heteroatoms. The Hall–Kier alpha value is -1.25. The van der Waals surface area contributed by atoms with Crippen LogP contribution < -0.4 is 9.46 Å². The van der Waals surface area contributed by atoms with Crippen molar-refractivity contribution in [2.24, 2.45) is 0 Å². The predicted molar refractivity (Wildman–Crippen MR) is 116 cm³/mol. The number of methoxy groups -OCH3 is 1. The van der Waals surface area contributed by atoms with Crippen LogP contribution in [-0.2, 0) is 21.2 Å². The Kier molecular flexibility index (Phi) is 9.11. The van der Waals surface area contributed by atoms with Crippen LogP contribution in [0.5, 0.6) is 5.75 Å². The summed E-state index contributed by atoms with van der Waals surface area (Å²) in [5.74, 6) is 1.22. The third kappa shape index (κ3) is 6.97. The number of nitrogens with one attached hydrogen (secondary N) is 1. The SMILES string of the molecule is COCCOc1cc(CC(CSC)NS(=O)(=O)c2ccc(C)cc2)ccc1Cl. The molecule has 0 aliphatic carbocycles. The summed E-state index contributed by atoms with van der Waals surface area (Å²) in [6.07, 6.45) is 2.48. The van der Waals surface area contributed by atoms with Crippen molar-refractivity contribution >= 4 is 33.4 Å². The van der Waals surface area contributed by atoms with Crippen LogP contribution in [-0.4, -0.2) is 46.8 Å². The molecule has 0 amide bonds. The number of rotatable bonds is 11. The molecule has 1 N–H and O–H groups in total. The van der Waals surface area contributed by atoms with E-state index in [2.05, 4.69) is 4.72 Å². The monoisotopic (exact) mass is 443 g/mol. The highest BCUT2D eigenvalue weighted by atomic mass is 35.5. The fourth-order valence-corrected chi connectivity index (χ4v) is 4.76. The second kappa shape index (κ2) is 11.1. The molecule has 0 aliphatic rings. The second-order valence-electron chi connectivity index (χ2n) is 6.40. The molecule has 2 aromatic rings. The first-order valence-corrected chi connectivity index (χ1v) is 12.1. The zero-order chi connectivity index (χ0) is 20.6. The van der Waals surface area contributed by atoms with E-state index in [4.69, 9.17) is 21.1 Å². The number of hydrogen-bond donors (Lipinski definition) is 1. The summed E-state index contributed by atoms with van der Waals surface area (Å²) in [5.41, 5.74) is 1.96. The number of sulfonamides is 1. The van der Waals surface area contributed by atoms with E-state index in [1.807, 2.05) is 25.3 Å². The molecular weight excluding hydrogens is 418 g/mol. The lowest BCUT2D eigenvalue weighted by Gasteiger charge is -2.19. The Balaban J connectivity index is 2.13. The lowest BCUT2D eigenvalue weighted by Crippen LogP contribution is -2.38. The molecule has 0 fully saturated rings. The van der Waals surface area contributed by atoms with Gasteiger partial charge in [-0.15, -0.1) is 0 Å². The van der Waals surface area contributed by atoms with Gasteiger partial charge in [-0.1, -0.05) is 35.4 Å². The molecule has 0 aliphatic heterocycles. The summed E-state index contributed by atoms with van der Waals surface area (Å²) < 4.78 is 38.9. The van der Waals surface area contributed by atoms with E-state index in [-0.39, 0.29) is 10.9 Å². The topological polar surface area (TPSA) is 64.6 Å². The summed E-state index contributed by atoms with van der Waals surface area (Å²) in [6, 6.07) is 12.1. The smallest absolute Gasteiger partial charge is 0.240 e. The lowest BCUT2D eigenvalue weighted by molar-refractivity contribution is 0.146. The zero-order valence-electron chi connectivity index (χ0n) is 16.3. The van der Waals surface area contributed by atoms with E-state index in [9.17, 15) is 8.42 Å². The minimum atomic E-state index is -3.59. The Morgan fingerprint density at radius 2 is 1.86 bits per heavy atom. The highest BCUT2D eigenvalue weighted by molar-refractivity contribution is 7.98. The Morgan fingerprint density at radius 3 is 2.50 bits per heavy atom. The van der Waals surface area contributed by atoms with E-state index < -0.39 is 10.0 Å². The number of benzene rings is 2. The molecule has 0 aromatic heterocycles. The van der Waals surface area contributed by atoms with Gasteiger partial charge in [0.25, 0.3) is 0 Å². The van der Waals surface area contributed by atoms with Crippen molar-refractivity contribution in [1.29, 1.82) is 0 Å². The van der Waals surface area contributed by atoms with E-state index in [1.165, 1.54) is 0 Å². The number of halogens is 1. The average molecular weight is 444 g/mol. The summed E-state index contributed by atoms with van der Waals surface area (Å²) in [4.78, 5) is 0.267. The summed E-state index contributed by atoms with van der Waals surface area (Å²) >= 11 is 7.78. The minimum absolute atomic E-state index is 0.255. The first-order chi connectivity index (χ1) is 13.4. The van der Waals surface area contributed by atoms with Crippen LogP contribution in [0.15, 0.2) is 47.4 Å². The van der Waals surface area contributed by atoms with Gasteiger partial charge >= 0.3 is 0 Å². The van der Waals surface area contributed by atoms with Crippen molar-refractivity contribution in [3.8, 4) is 5.75 Å². The molecule has 0 saturated heterocycles.